The number of aromatic amines is 1. The maximum atomic E-state index is 12.1. The van der Waals surface area contributed by atoms with Gasteiger partial charge in [-0.25, -0.2) is 0 Å². The first-order valence-electron chi connectivity index (χ1n) is 6.70. The molecular weight excluding hydrogens is 254 g/mol. The molecule has 1 heterocycles. The van der Waals surface area contributed by atoms with Crippen molar-refractivity contribution in [3.8, 4) is 5.75 Å². The SMILES string of the molecule is COc1cccc2[nH]c(C(=O)NCCCN(C)C)cc12. The first kappa shape index (κ1) is 14.4. The summed E-state index contributed by atoms with van der Waals surface area (Å²) in [7, 11) is 5.67. The van der Waals surface area contributed by atoms with E-state index in [4.69, 9.17) is 4.74 Å². The number of hydrogen-bond acceptors (Lipinski definition) is 3. The second-order valence-corrected chi connectivity index (χ2v) is 5.02. The number of rotatable bonds is 6. The highest BCUT2D eigenvalue weighted by Crippen LogP contribution is 2.25. The van der Waals surface area contributed by atoms with Crippen molar-refractivity contribution in [3.05, 3.63) is 30.0 Å². The summed E-state index contributed by atoms with van der Waals surface area (Å²) < 4.78 is 5.29. The Morgan fingerprint density at radius 3 is 2.90 bits per heavy atom. The number of amides is 1. The zero-order chi connectivity index (χ0) is 14.5. The van der Waals surface area contributed by atoms with E-state index in [2.05, 4.69) is 15.2 Å². The molecule has 0 radical (unpaired) electrons. The summed E-state index contributed by atoms with van der Waals surface area (Å²) in [5, 5.41) is 3.84. The molecule has 0 atom stereocenters. The Kier molecular flexibility index (Phi) is 4.63. The number of hydrogen-bond donors (Lipinski definition) is 2. The highest BCUT2D eigenvalue weighted by molar-refractivity contribution is 5.99. The van der Waals surface area contributed by atoms with Gasteiger partial charge in [0.05, 0.1) is 7.11 Å². The van der Waals surface area contributed by atoms with Crippen LogP contribution in [0, 0.1) is 0 Å². The quantitative estimate of drug-likeness (QED) is 0.791. The van der Waals surface area contributed by atoms with Crippen LogP contribution in [0.3, 0.4) is 0 Å². The Labute approximate surface area is 118 Å². The van der Waals surface area contributed by atoms with E-state index >= 15 is 0 Å². The van der Waals surface area contributed by atoms with Crippen molar-refractivity contribution in [2.45, 2.75) is 6.42 Å². The molecular formula is C15H21N3O2. The lowest BCUT2D eigenvalue weighted by atomic mass is 10.2. The normalized spacial score (nSPS) is 11.0. The number of benzene rings is 1. The molecule has 0 fully saturated rings. The Bertz CT molecular complexity index is 590. The van der Waals surface area contributed by atoms with Crippen LogP contribution >= 0.6 is 0 Å². The first-order valence-corrected chi connectivity index (χ1v) is 6.70. The molecule has 0 saturated heterocycles. The summed E-state index contributed by atoms with van der Waals surface area (Å²) in [6.45, 7) is 1.63. The van der Waals surface area contributed by atoms with Crippen LogP contribution in [0.1, 0.15) is 16.9 Å². The predicted molar refractivity (Wildman–Crippen MR) is 80.4 cm³/mol. The average Bonchev–Trinajstić information content (AvgIpc) is 2.87. The fourth-order valence-corrected chi connectivity index (χ4v) is 2.12. The van der Waals surface area contributed by atoms with Gasteiger partial charge < -0.3 is 19.9 Å². The molecule has 0 aliphatic rings. The molecule has 1 amide bonds. The minimum atomic E-state index is -0.0815. The van der Waals surface area contributed by atoms with Crippen LogP contribution in [-0.2, 0) is 0 Å². The summed E-state index contributed by atoms with van der Waals surface area (Å²) in [6.07, 6.45) is 0.933. The van der Waals surface area contributed by atoms with Crippen molar-refractivity contribution in [2.75, 3.05) is 34.3 Å². The molecule has 108 valence electrons. The van der Waals surface area contributed by atoms with E-state index in [9.17, 15) is 4.79 Å². The molecule has 5 nitrogen and oxygen atoms in total. The van der Waals surface area contributed by atoms with E-state index in [-0.39, 0.29) is 5.91 Å². The zero-order valence-electron chi connectivity index (χ0n) is 12.2. The standard InChI is InChI=1S/C15H21N3O2/c1-18(2)9-5-8-16-15(19)13-10-11-12(17-13)6-4-7-14(11)20-3/h4,6-7,10,17H,5,8-9H2,1-3H3,(H,16,19). The third kappa shape index (κ3) is 3.30. The van der Waals surface area contributed by atoms with Gasteiger partial charge in [0.1, 0.15) is 11.4 Å². The molecule has 1 aromatic carbocycles. The Morgan fingerprint density at radius 1 is 1.40 bits per heavy atom. The fourth-order valence-electron chi connectivity index (χ4n) is 2.12. The lowest BCUT2D eigenvalue weighted by Gasteiger charge is -2.09. The third-order valence-electron chi connectivity index (χ3n) is 3.16. The minimum Gasteiger partial charge on any atom is -0.496 e. The van der Waals surface area contributed by atoms with E-state index in [0.717, 1.165) is 29.6 Å². The number of nitrogens with one attached hydrogen (secondary N) is 2. The van der Waals surface area contributed by atoms with E-state index in [1.807, 2.05) is 38.4 Å². The summed E-state index contributed by atoms with van der Waals surface area (Å²) in [5.74, 6) is 0.687. The maximum Gasteiger partial charge on any atom is 0.267 e. The van der Waals surface area contributed by atoms with E-state index < -0.39 is 0 Å². The molecule has 1 aromatic heterocycles. The number of methoxy groups -OCH3 is 1. The van der Waals surface area contributed by atoms with Gasteiger partial charge in [-0.2, -0.15) is 0 Å². The van der Waals surface area contributed by atoms with Crippen LogP contribution in [0.2, 0.25) is 0 Å². The van der Waals surface area contributed by atoms with E-state index in [1.165, 1.54) is 0 Å². The van der Waals surface area contributed by atoms with Gasteiger partial charge in [-0.1, -0.05) is 6.07 Å². The number of fused-ring (bicyclic) bond motifs is 1. The Morgan fingerprint density at radius 2 is 2.20 bits per heavy atom. The number of nitrogens with zero attached hydrogens (tertiary/aromatic N) is 1. The predicted octanol–water partition coefficient (Wildman–Crippen LogP) is 1.86. The summed E-state index contributed by atoms with van der Waals surface area (Å²) >= 11 is 0. The molecule has 0 bridgehead atoms. The number of aromatic nitrogens is 1. The maximum absolute atomic E-state index is 12.1. The van der Waals surface area contributed by atoms with Crippen LogP contribution in [0.15, 0.2) is 24.3 Å². The average molecular weight is 275 g/mol. The molecule has 5 heteroatoms. The van der Waals surface area contributed by atoms with Gasteiger partial charge in [0.2, 0.25) is 0 Å². The van der Waals surface area contributed by atoms with Crippen molar-refractivity contribution in [3.63, 3.8) is 0 Å². The fraction of sp³-hybridized carbons (Fsp3) is 0.400. The lowest BCUT2D eigenvalue weighted by Crippen LogP contribution is -2.27. The third-order valence-corrected chi connectivity index (χ3v) is 3.16. The molecule has 0 aliphatic carbocycles. The van der Waals surface area contributed by atoms with Crippen LogP contribution in [0.5, 0.6) is 5.75 Å². The van der Waals surface area contributed by atoms with Gasteiger partial charge in [0.25, 0.3) is 5.91 Å². The summed E-state index contributed by atoms with van der Waals surface area (Å²) in [6, 6.07) is 7.54. The molecule has 0 spiro atoms. The number of ether oxygens (including phenoxy) is 1. The zero-order valence-corrected chi connectivity index (χ0v) is 12.2. The van der Waals surface area contributed by atoms with E-state index in [0.29, 0.717) is 12.2 Å². The van der Waals surface area contributed by atoms with Crippen molar-refractivity contribution in [1.82, 2.24) is 15.2 Å². The number of carbonyl (C=O) groups is 1. The van der Waals surface area contributed by atoms with Crippen molar-refractivity contribution < 1.29 is 9.53 Å². The highest BCUT2D eigenvalue weighted by Gasteiger charge is 2.11. The molecule has 2 aromatic rings. The van der Waals surface area contributed by atoms with Crippen LogP contribution < -0.4 is 10.1 Å². The van der Waals surface area contributed by atoms with Crippen molar-refractivity contribution >= 4 is 16.8 Å². The topological polar surface area (TPSA) is 57.4 Å². The van der Waals surface area contributed by atoms with Crippen molar-refractivity contribution in [2.24, 2.45) is 0 Å². The molecule has 0 saturated carbocycles. The van der Waals surface area contributed by atoms with Crippen LogP contribution in [0.25, 0.3) is 10.9 Å². The lowest BCUT2D eigenvalue weighted by molar-refractivity contribution is 0.0948. The smallest absolute Gasteiger partial charge is 0.267 e. The van der Waals surface area contributed by atoms with Gasteiger partial charge >= 0.3 is 0 Å². The largest absolute Gasteiger partial charge is 0.496 e. The van der Waals surface area contributed by atoms with Gasteiger partial charge in [-0.05, 0) is 45.3 Å². The molecule has 0 unspecified atom stereocenters. The van der Waals surface area contributed by atoms with Crippen LogP contribution in [-0.4, -0.2) is 50.1 Å². The summed E-state index contributed by atoms with van der Waals surface area (Å²) in [4.78, 5) is 17.3. The molecule has 0 aliphatic heterocycles. The number of carbonyl (C=O) groups excluding carboxylic acids is 1. The second kappa shape index (κ2) is 6.43. The Balaban J connectivity index is 2.03. The molecule has 2 N–H and O–H groups in total. The van der Waals surface area contributed by atoms with E-state index in [1.54, 1.807) is 7.11 Å². The van der Waals surface area contributed by atoms with Gasteiger partial charge in [0, 0.05) is 17.4 Å². The van der Waals surface area contributed by atoms with Crippen LogP contribution in [0.4, 0.5) is 0 Å². The van der Waals surface area contributed by atoms with Gasteiger partial charge in [0.15, 0.2) is 0 Å². The van der Waals surface area contributed by atoms with Crippen molar-refractivity contribution in [1.29, 1.82) is 0 Å². The van der Waals surface area contributed by atoms with Gasteiger partial charge in [-0.3, -0.25) is 4.79 Å². The summed E-state index contributed by atoms with van der Waals surface area (Å²) in [5.41, 5.74) is 1.47. The first-order chi connectivity index (χ1) is 9.61. The monoisotopic (exact) mass is 275 g/mol. The van der Waals surface area contributed by atoms with Gasteiger partial charge in [-0.15, -0.1) is 0 Å². The Hall–Kier alpha value is -2.01. The highest BCUT2D eigenvalue weighted by atomic mass is 16.5. The number of H-pyrrole nitrogens is 1. The minimum absolute atomic E-state index is 0.0815. The second-order valence-electron chi connectivity index (χ2n) is 5.02. The molecule has 2 rings (SSSR count). The molecule has 20 heavy (non-hydrogen) atoms.